The van der Waals surface area contributed by atoms with Crippen LogP contribution in [-0.2, 0) is 14.3 Å². The first-order chi connectivity index (χ1) is 23.9. The van der Waals surface area contributed by atoms with Crippen molar-refractivity contribution >= 4 is 67.5 Å². The molecule has 0 aromatic heterocycles. The minimum Gasteiger partial charge on any atom is -0.461 e. The molecule has 1 atom stereocenters. The third-order valence-electron chi connectivity index (χ3n) is 8.27. The zero-order valence-corrected chi connectivity index (χ0v) is 27.7. The van der Waals surface area contributed by atoms with Crippen LogP contribution >= 0.6 is 0 Å². The zero-order chi connectivity index (χ0) is 34.1. The van der Waals surface area contributed by atoms with E-state index < -0.39 is 11.6 Å². The second-order valence-corrected chi connectivity index (χ2v) is 12.1. The van der Waals surface area contributed by atoms with Crippen LogP contribution in [0.5, 0.6) is 0 Å². The normalized spacial score (nSPS) is 15.4. The van der Waals surface area contributed by atoms with Crippen molar-refractivity contribution in [3.8, 4) is 0 Å². The summed E-state index contributed by atoms with van der Waals surface area (Å²) in [4.78, 5) is 24.6. The van der Waals surface area contributed by atoms with E-state index in [1.165, 1.54) is 0 Å². The van der Waals surface area contributed by atoms with Crippen LogP contribution in [0, 0.1) is 0 Å². The van der Waals surface area contributed by atoms with Crippen molar-refractivity contribution in [1.82, 2.24) is 10.6 Å². The lowest BCUT2D eigenvalue weighted by Crippen LogP contribution is -2.49. The first kappa shape index (κ1) is 33.2. The fraction of sp³-hybridized carbons (Fsp3) is 0.263. The molecular weight excluding hydrogens is 616 g/mol. The fourth-order valence-corrected chi connectivity index (χ4v) is 5.80. The van der Waals surface area contributed by atoms with Gasteiger partial charge in [-0.1, -0.05) is 54.6 Å². The molecule has 4 N–H and O–H groups in total. The molecule has 11 heteroatoms. The maximum Gasteiger partial charge on any atom is 0.306 e. The molecule has 1 amide bonds. The number of esters is 1. The fourth-order valence-electron chi connectivity index (χ4n) is 5.80. The van der Waals surface area contributed by atoms with E-state index in [9.17, 15) is 9.59 Å². The van der Waals surface area contributed by atoms with E-state index in [0.29, 0.717) is 6.54 Å². The highest BCUT2D eigenvalue weighted by molar-refractivity contribution is 6.10. The molecule has 1 heterocycles. The third-order valence-corrected chi connectivity index (χ3v) is 8.27. The second-order valence-electron chi connectivity index (χ2n) is 12.1. The number of carbonyl (C=O) groups excluding carboxylic acids is 2. The molecule has 1 unspecified atom stereocenters. The van der Waals surface area contributed by atoms with Crippen LogP contribution in [0.2, 0.25) is 0 Å². The molecular formula is C38H40N8O3. The minimum absolute atomic E-state index is 0.0226. The number of benzene rings is 5. The SMILES string of the molecule is CNCCCCNC(=O)CCC(=O)OCC1(C)Nc2cccc3c(N=Nc4ccc(N=Nc5ccccc5)c5ccccc45)ccc(c23)N1. The van der Waals surface area contributed by atoms with Gasteiger partial charge in [0.05, 0.1) is 29.2 Å². The summed E-state index contributed by atoms with van der Waals surface area (Å²) in [5.41, 5.74) is 4.00. The molecule has 5 aromatic rings. The summed E-state index contributed by atoms with van der Waals surface area (Å²) in [5.74, 6) is -0.569. The van der Waals surface area contributed by atoms with Crippen molar-refractivity contribution in [3.05, 3.63) is 97.1 Å². The van der Waals surface area contributed by atoms with Gasteiger partial charge in [-0.15, -0.1) is 15.3 Å². The van der Waals surface area contributed by atoms with E-state index in [1.807, 2.05) is 111 Å². The number of amides is 1. The Bertz CT molecular complexity index is 2000. The van der Waals surface area contributed by atoms with Crippen LogP contribution in [-0.4, -0.2) is 44.3 Å². The molecule has 0 aliphatic carbocycles. The molecule has 1 aliphatic heterocycles. The highest BCUT2D eigenvalue weighted by Crippen LogP contribution is 2.42. The Morgan fingerprint density at radius 2 is 1.27 bits per heavy atom. The molecule has 0 fully saturated rings. The first-order valence-electron chi connectivity index (χ1n) is 16.5. The summed E-state index contributed by atoms with van der Waals surface area (Å²) in [5, 5.41) is 34.9. The molecule has 0 saturated heterocycles. The molecule has 49 heavy (non-hydrogen) atoms. The molecule has 11 nitrogen and oxygen atoms in total. The number of fused-ring (bicyclic) bond motifs is 1. The van der Waals surface area contributed by atoms with Gasteiger partial charge in [0, 0.05) is 45.9 Å². The molecule has 0 bridgehead atoms. The van der Waals surface area contributed by atoms with E-state index in [0.717, 1.165) is 75.1 Å². The predicted molar refractivity (Wildman–Crippen MR) is 195 cm³/mol. The van der Waals surface area contributed by atoms with Crippen LogP contribution in [0.4, 0.5) is 34.1 Å². The van der Waals surface area contributed by atoms with Crippen LogP contribution in [0.25, 0.3) is 21.5 Å². The van der Waals surface area contributed by atoms with Gasteiger partial charge in [-0.05, 0) is 75.8 Å². The van der Waals surface area contributed by atoms with Gasteiger partial charge in [0.2, 0.25) is 5.91 Å². The summed E-state index contributed by atoms with van der Waals surface area (Å²) in [6.07, 6.45) is 1.99. The average molecular weight is 657 g/mol. The quantitative estimate of drug-likeness (QED) is 0.0535. The summed E-state index contributed by atoms with van der Waals surface area (Å²) in [7, 11) is 1.90. The molecule has 0 spiro atoms. The summed E-state index contributed by atoms with van der Waals surface area (Å²) < 4.78 is 5.60. The van der Waals surface area contributed by atoms with E-state index >= 15 is 0 Å². The maximum absolute atomic E-state index is 12.5. The largest absolute Gasteiger partial charge is 0.461 e. The number of nitrogens with zero attached hydrogens (tertiary/aromatic N) is 4. The van der Waals surface area contributed by atoms with Gasteiger partial charge in [0.25, 0.3) is 0 Å². The lowest BCUT2D eigenvalue weighted by atomic mass is 9.99. The summed E-state index contributed by atoms with van der Waals surface area (Å²) >= 11 is 0. The Hall–Kier alpha value is -5.68. The first-order valence-corrected chi connectivity index (χ1v) is 16.5. The topological polar surface area (TPSA) is 141 Å². The van der Waals surface area contributed by atoms with Crippen molar-refractivity contribution < 1.29 is 14.3 Å². The van der Waals surface area contributed by atoms with Crippen molar-refractivity contribution in [3.63, 3.8) is 0 Å². The van der Waals surface area contributed by atoms with Gasteiger partial charge in [-0.3, -0.25) is 9.59 Å². The van der Waals surface area contributed by atoms with E-state index in [4.69, 9.17) is 9.85 Å². The molecule has 250 valence electrons. The average Bonchev–Trinajstić information content (AvgIpc) is 3.12. The standard InChI is InChI=1S/C38H40N8O3/c1-38(25-49-36(48)22-21-35(47)40-24-9-8-23-39-2)41-33-16-10-15-29-32(19-20-34(42-38)37(29)33)46-45-31-18-17-30(27-13-6-7-14-28(27)31)44-43-26-11-4-3-5-12-26/h3-7,10-20,39,41-42H,8-9,21-25H2,1-2H3,(H,40,47). The van der Waals surface area contributed by atoms with Crippen LogP contribution < -0.4 is 21.3 Å². The summed E-state index contributed by atoms with van der Waals surface area (Å²) in [6, 6.07) is 31.3. The molecule has 0 saturated carbocycles. The lowest BCUT2D eigenvalue weighted by Gasteiger charge is -2.38. The van der Waals surface area contributed by atoms with Crippen molar-refractivity contribution in [2.75, 3.05) is 37.4 Å². The highest BCUT2D eigenvalue weighted by atomic mass is 16.5. The van der Waals surface area contributed by atoms with Gasteiger partial charge >= 0.3 is 5.97 Å². The van der Waals surface area contributed by atoms with E-state index in [-0.39, 0.29) is 25.4 Å². The maximum atomic E-state index is 12.5. The molecule has 0 radical (unpaired) electrons. The van der Waals surface area contributed by atoms with Gasteiger partial charge in [0.15, 0.2) is 0 Å². The number of anilines is 2. The number of carbonyl (C=O) groups is 2. The highest BCUT2D eigenvalue weighted by Gasteiger charge is 2.32. The Balaban J connectivity index is 1.12. The van der Waals surface area contributed by atoms with Crippen molar-refractivity contribution in [2.45, 2.75) is 38.3 Å². The number of nitrogens with one attached hydrogen (secondary N) is 4. The number of rotatable bonds is 14. The van der Waals surface area contributed by atoms with Gasteiger partial charge in [-0.25, -0.2) is 0 Å². The van der Waals surface area contributed by atoms with Crippen molar-refractivity contribution in [1.29, 1.82) is 0 Å². The molecule has 5 aromatic carbocycles. The van der Waals surface area contributed by atoms with Crippen LogP contribution in [0.3, 0.4) is 0 Å². The predicted octanol–water partition coefficient (Wildman–Crippen LogP) is 8.82. The van der Waals surface area contributed by atoms with Gasteiger partial charge in [-0.2, -0.15) is 5.11 Å². The second kappa shape index (κ2) is 15.5. The number of hydrogen-bond donors (Lipinski definition) is 4. The Kier molecular flexibility index (Phi) is 10.5. The van der Waals surface area contributed by atoms with E-state index in [2.05, 4.69) is 36.6 Å². The molecule has 1 aliphatic rings. The Morgan fingerprint density at radius 1 is 0.673 bits per heavy atom. The van der Waals surface area contributed by atoms with Crippen LogP contribution in [0.15, 0.2) is 118 Å². The number of azo groups is 2. The molecule has 6 rings (SSSR count). The summed E-state index contributed by atoms with van der Waals surface area (Å²) in [6.45, 7) is 3.51. The third kappa shape index (κ3) is 8.25. The van der Waals surface area contributed by atoms with Gasteiger partial charge < -0.3 is 26.0 Å². The van der Waals surface area contributed by atoms with Crippen molar-refractivity contribution in [2.24, 2.45) is 20.5 Å². The monoisotopic (exact) mass is 656 g/mol. The van der Waals surface area contributed by atoms with E-state index in [1.54, 1.807) is 0 Å². The van der Waals surface area contributed by atoms with Crippen LogP contribution in [0.1, 0.15) is 32.6 Å². The number of hydrogen-bond acceptors (Lipinski definition) is 10. The number of ether oxygens (including phenoxy) is 1. The Labute approximate surface area is 285 Å². The zero-order valence-electron chi connectivity index (χ0n) is 27.7. The lowest BCUT2D eigenvalue weighted by molar-refractivity contribution is -0.146. The Morgan fingerprint density at radius 3 is 1.98 bits per heavy atom. The minimum atomic E-state index is -0.756. The number of unbranched alkanes of at least 4 members (excludes halogenated alkanes) is 1. The van der Waals surface area contributed by atoms with Gasteiger partial charge in [0.1, 0.15) is 12.3 Å². The smallest absolute Gasteiger partial charge is 0.306 e.